The van der Waals surface area contributed by atoms with Crippen LogP contribution in [0.3, 0.4) is 0 Å². The van der Waals surface area contributed by atoms with Gasteiger partial charge in [-0.3, -0.25) is 0 Å². The van der Waals surface area contributed by atoms with Crippen molar-refractivity contribution in [3.8, 4) is 0 Å². The summed E-state index contributed by atoms with van der Waals surface area (Å²) < 4.78 is 0.984. The molecule has 0 unspecified atom stereocenters. The molecule has 4 N–H and O–H groups in total. The lowest BCUT2D eigenvalue weighted by atomic mass is 10.2. The average Bonchev–Trinajstić information content (AvgIpc) is 2.48. The normalized spacial score (nSPS) is 10.8. The molecule has 0 spiro atoms. The molecule has 0 aliphatic heterocycles. The highest BCUT2D eigenvalue weighted by Crippen LogP contribution is 2.31. The van der Waals surface area contributed by atoms with Gasteiger partial charge < -0.3 is 11.5 Å². The van der Waals surface area contributed by atoms with Crippen LogP contribution < -0.4 is 11.5 Å². The fourth-order valence-corrected chi connectivity index (χ4v) is 1.95. The summed E-state index contributed by atoms with van der Waals surface area (Å²) in [5, 5.41) is 1.97. The van der Waals surface area contributed by atoms with E-state index in [9.17, 15) is 0 Å². The Morgan fingerprint density at radius 3 is 2.83 bits per heavy atom. The number of rotatable bonds is 0. The van der Waals surface area contributed by atoms with Crippen LogP contribution in [0.15, 0.2) is 11.4 Å². The molecule has 2 rings (SSSR count). The molecule has 0 aliphatic carbocycles. The first kappa shape index (κ1) is 7.36. The number of pyridine rings is 1. The highest BCUT2D eigenvalue weighted by molar-refractivity contribution is 7.17. The zero-order valence-corrected chi connectivity index (χ0v) is 7.48. The molecule has 4 heteroatoms. The average molecular weight is 179 g/mol. The molecular formula is C8H9N3S. The van der Waals surface area contributed by atoms with Crippen molar-refractivity contribution in [2.24, 2.45) is 0 Å². The predicted octanol–water partition coefficient (Wildman–Crippen LogP) is 1.77. The van der Waals surface area contributed by atoms with Crippen LogP contribution in [-0.2, 0) is 0 Å². The molecule has 0 bridgehead atoms. The van der Waals surface area contributed by atoms with Crippen LogP contribution in [0, 0.1) is 6.92 Å². The van der Waals surface area contributed by atoms with E-state index in [-0.39, 0.29) is 0 Å². The standard InChI is InChI=1S/C8H9N3S/c1-4-6(9)7(10)8-5(11-4)2-3-12-8/h2-3H,9H2,1H3,(H2,10,11). The summed E-state index contributed by atoms with van der Waals surface area (Å²) in [4.78, 5) is 4.30. The summed E-state index contributed by atoms with van der Waals surface area (Å²) in [6.45, 7) is 1.86. The summed E-state index contributed by atoms with van der Waals surface area (Å²) in [6, 6.07) is 1.95. The Labute approximate surface area is 74.0 Å². The molecule has 0 aromatic carbocycles. The number of thiophene rings is 1. The largest absolute Gasteiger partial charge is 0.396 e. The number of fused-ring (bicyclic) bond motifs is 1. The lowest BCUT2D eigenvalue weighted by Crippen LogP contribution is -1.99. The van der Waals surface area contributed by atoms with E-state index in [1.807, 2.05) is 18.4 Å². The number of anilines is 2. The number of aromatic nitrogens is 1. The SMILES string of the molecule is Cc1nc2ccsc2c(N)c1N. The minimum atomic E-state index is 0.602. The highest BCUT2D eigenvalue weighted by Gasteiger charge is 2.06. The number of nitrogen functional groups attached to an aromatic ring is 2. The molecule has 0 radical (unpaired) electrons. The second kappa shape index (κ2) is 2.35. The number of nitrogens with zero attached hydrogens (tertiary/aromatic N) is 1. The Bertz CT molecular complexity index is 433. The molecule has 2 aromatic rings. The van der Waals surface area contributed by atoms with Crippen LogP contribution in [0.4, 0.5) is 11.4 Å². The zero-order chi connectivity index (χ0) is 8.72. The van der Waals surface area contributed by atoms with Gasteiger partial charge in [-0.2, -0.15) is 0 Å². The van der Waals surface area contributed by atoms with Crippen molar-refractivity contribution < 1.29 is 0 Å². The van der Waals surface area contributed by atoms with Crippen molar-refractivity contribution >= 4 is 32.9 Å². The minimum Gasteiger partial charge on any atom is -0.396 e. The minimum absolute atomic E-state index is 0.602. The summed E-state index contributed by atoms with van der Waals surface area (Å²) in [5.74, 6) is 0. The van der Waals surface area contributed by atoms with Gasteiger partial charge in [0.25, 0.3) is 0 Å². The summed E-state index contributed by atoms with van der Waals surface area (Å²) in [5.41, 5.74) is 14.5. The van der Waals surface area contributed by atoms with E-state index in [4.69, 9.17) is 11.5 Å². The van der Waals surface area contributed by atoms with Crippen LogP contribution in [0.1, 0.15) is 5.69 Å². The van der Waals surface area contributed by atoms with Gasteiger partial charge in [-0.1, -0.05) is 0 Å². The van der Waals surface area contributed by atoms with Gasteiger partial charge in [-0.05, 0) is 18.4 Å². The van der Waals surface area contributed by atoms with Crippen LogP contribution in [0.2, 0.25) is 0 Å². The van der Waals surface area contributed by atoms with E-state index in [1.165, 1.54) is 0 Å². The molecule has 0 saturated carbocycles. The number of hydrogen-bond donors (Lipinski definition) is 2. The lowest BCUT2D eigenvalue weighted by Gasteiger charge is -2.03. The van der Waals surface area contributed by atoms with Gasteiger partial charge in [-0.25, -0.2) is 4.98 Å². The van der Waals surface area contributed by atoms with E-state index in [0.717, 1.165) is 15.9 Å². The first-order chi connectivity index (χ1) is 5.70. The lowest BCUT2D eigenvalue weighted by molar-refractivity contribution is 1.27. The van der Waals surface area contributed by atoms with Crippen molar-refractivity contribution in [1.29, 1.82) is 0 Å². The maximum atomic E-state index is 5.81. The molecule has 3 nitrogen and oxygen atoms in total. The van der Waals surface area contributed by atoms with Gasteiger partial charge in [0, 0.05) is 0 Å². The van der Waals surface area contributed by atoms with E-state index in [0.29, 0.717) is 11.4 Å². The molecule has 62 valence electrons. The predicted molar refractivity (Wildman–Crippen MR) is 53.2 cm³/mol. The van der Waals surface area contributed by atoms with Crippen LogP contribution in [0.5, 0.6) is 0 Å². The maximum absolute atomic E-state index is 5.81. The monoisotopic (exact) mass is 179 g/mol. The Morgan fingerprint density at radius 1 is 1.33 bits per heavy atom. The molecule has 12 heavy (non-hydrogen) atoms. The third-order valence-corrected chi connectivity index (χ3v) is 2.79. The van der Waals surface area contributed by atoms with Gasteiger partial charge >= 0.3 is 0 Å². The van der Waals surface area contributed by atoms with Crippen molar-refractivity contribution in [3.05, 3.63) is 17.1 Å². The number of aryl methyl sites for hydroxylation is 1. The van der Waals surface area contributed by atoms with Crippen molar-refractivity contribution in [1.82, 2.24) is 4.98 Å². The quantitative estimate of drug-likeness (QED) is 0.647. The zero-order valence-electron chi connectivity index (χ0n) is 6.66. The first-order valence-electron chi connectivity index (χ1n) is 3.59. The molecule has 0 saturated heterocycles. The van der Waals surface area contributed by atoms with E-state index >= 15 is 0 Å². The van der Waals surface area contributed by atoms with Crippen LogP contribution >= 0.6 is 11.3 Å². The fourth-order valence-electron chi connectivity index (χ4n) is 1.15. The van der Waals surface area contributed by atoms with Crippen molar-refractivity contribution in [3.63, 3.8) is 0 Å². The first-order valence-corrected chi connectivity index (χ1v) is 4.47. The second-order valence-electron chi connectivity index (χ2n) is 2.66. The topological polar surface area (TPSA) is 64.9 Å². The third-order valence-electron chi connectivity index (χ3n) is 1.86. The molecule has 2 heterocycles. The van der Waals surface area contributed by atoms with Crippen LogP contribution in [0.25, 0.3) is 10.2 Å². The second-order valence-corrected chi connectivity index (χ2v) is 3.58. The Hall–Kier alpha value is -1.29. The fraction of sp³-hybridized carbons (Fsp3) is 0.125. The van der Waals surface area contributed by atoms with Crippen LogP contribution in [-0.4, -0.2) is 4.98 Å². The van der Waals surface area contributed by atoms with Crippen molar-refractivity contribution in [2.75, 3.05) is 11.5 Å². The Morgan fingerprint density at radius 2 is 2.08 bits per heavy atom. The summed E-state index contributed by atoms with van der Waals surface area (Å²) in [6.07, 6.45) is 0. The Kier molecular flexibility index (Phi) is 1.44. The Balaban J connectivity index is 2.94. The molecule has 0 amide bonds. The smallest absolute Gasteiger partial charge is 0.0835 e. The van der Waals surface area contributed by atoms with E-state index < -0.39 is 0 Å². The van der Waals surface area contributed by atoms with E-state index in [2.05, 4.69) is 4.98 Å². The summed E-state index contributed by atoms with van der Waals surface area (Å²) in [7, 11) is 0. The number of hydrogen-bond acceptors (Lipinski definition) is 4. The summed E-state index contributed by atoms with van der Waals surface area (Å²) >= 11 is 1.57. The van der Waals surface area contributed by atoms with Gasteiger partial charge in [0.1, 0.15) is 0 Å². The molecule has 0 fully saturated rings. The third kappa shape index (κ3) is 0.848. The van der Waals surface area contributed by atoms with Gasteiger partial charge in [0.2, 0.25) is 0 Å². The van der Waals surface area contributed by atoms with Gasteiger partial charge in [-0.15, -0.1) is 11.3 Å². The molecule has 0 atom stereocenters. The van der Waals surface area contributed by atoms with Gasteiger partial charge in [0.15, 0.2) is 0 Å². The van der Waals surface area contributed by atoms with Crippen molar-refractivity contribution in [2.45, 2.75) is 6.92 Å². The highest BCUT2D eigenvalue weighted by atomic mass is 32.1. The van der Waals surface area contributed by atoms with Gasteiger partial charge in [0.05, 0.1) is 27.3 Å². The molecular weight excluding hydrogens is 170 g/mol. The number of nitrogens with two attached hydrogens (primary N) is 2. The van der Waals surface area contributed by atoms with E-state index in [1.54, 1.807) is 11.3 Å². The molecule has 0 aliphatic rings. The maximum Gasteiger partial charge on any atom is 0.0835 e. The molecule has 2 aromatic heterocycles.